The highest BCUT2D eigenvalue weighted by atomic mass is 32.2. The number of hydrogen-bond acceptors (Lipinski definition) is 2. The summed E-state index contributed by atoms with van der Waals surface area (Å²) in [5.41, 5.74) is 2.25. The molecule has 126 valence electrons. The van der Waals surface area contributed by atoms with Gasteiger partial charge in [0.1, 0.15) is 5.25 Å². The predicted molar refractivity (Wildman–Crippen MR) is 105 cm³/mol. The molecule has 0 unspecified atom stereocenters. The Morgan fingerprint density at radius 3 is 2.00 bits per heavy atom. The van der Waals surface area contributed by atoms with E-state index in [1.807, 2.05) is 78.9 Å². The smallest absolute Gasteiger partial charge is 0.238 e. The first-order valence-electron chi connectivity index (χ1n) is 8.41. The largest absolute Gasteiger partial charge is 0.355 e. The number of thioether (sulfide) groups is 1. The minimum absolute atomic E-state index is 0.0518. The molecule has 3 aromatic carbocycles. The summed E-state index contributed by atoms with van der Waals surface area (Å²) in [6.07, 6.45) is 0.837. The molecule has 0 spiro atoms. The van der Waals surface area contributed by atoms with Crippen LogP contribution in [-0.2, 0) is 11.2 Å². The fraction of sp³-hybridized carbons (Fsp3) is 0.136. The molecule has 0 aliphatic carbocycles. The van der Waals surface area contributed by atoms with E-state index >= 15 is 0 Å². The highest BCUT2D eigenvalue weighted by Crippen LogP contribution is 2.35. The third kappa shape index (κ3) is 5.23. The van der Waals surface area contributed by atoms with Crippen LogP contribution in [0.2, 0.25) is 0 Å². The van der Waals surface area contributed by atoms with Gasteiger partial charge in [-0.2, -0.15) is 0 Å². The molecule has 0 radical (unpaired) electrons. The van der Waals surface area contributed by atoms with E-state index in [2.05, 4.69) is 17.4 Å². The van der Waals surface area contributed by atoms with Gasteiger partial charge in [-0.3, -0.25) is 4.79 Å². The standard InChI is InChI=1S/C22H21NOS/c24-22(23-17-16-18-10-4-1-5-11-18)21(19-12-6-2-7-13-19)25-20-14-8-3-9-15-20/h1-15,21H,16-17H2,(H,23,24)/t21-/m0/s1. The number of benzene rings is 3. The van der Waals surface area contributed by atoms with Crippen molar-refractivity contribution in [3.8, 4) is 0 Å². The second-order valence-electron chi connectivity index (χ2n) is 5.75. The fourth-order valence-corrected chi connectivity index (χ4v) is 3.67. The fourth-order valence-electron chi connectivity index (χ4n) is 2.60. The minimum atomic E-state index is -0.251. The van der Waals surface area contributed by atoms with Crippen molar-refractivity contribution < 1.29 is 4.79 Å². The number of carbonyl (C=O) groups excluding carboxylic acids is 1. The lowest BCUT2D eigenvalue weighted by Crippen LogP contribution is -2.29. The summed E-state index contributed by atoms with van der Waals surface area (Å²) in [6.45, 7) is 0.640. The van der Waals surface area contributed by atoms with Crippen molar-refractivity contribution in [2.45, 2.75) is 16.6 Å². The van der Waals surface area contributed by atoms with Crippen LogP contribution in [0.25, 0.3) is 0 Å². The predicted octanol–water partition coefficient (Wildman–Crippen LogP) is 4.88. The van der Waals surface area contributed by atoms with E-state index < -0.39 is 0 Å². The number of rotatable bonds is 7. The summed E-state index contributed by atoms with van der Waals surface area (Å²) in [5, 5.41) is 2.84. The molecule has 0 aromatic heterocycles. The zero-order valence-electron chi connectivity index (χ0n) is 14.0. The van der Waals surface area contributed by atoms with E-state index in [4.69, 9.17) is 0 Å². The first-order chi connectivity index (χ1) is 12.3. The Hall–Kier alpha value is -2.52. The summed E-state index contributed by atoms with van der Waals surface area (Å²) < 4.78 is 0. The van der Waals surface area contributed by atoms with Crippen LogP contribution in [0.15, 0.2) is 95.9 Å². The summed E-state index contributed by atoms with van der Waals surface area (Å²) in [6, 6.07) is 30.2. The van der Waals surface area contributed by atoms with E-state index in [0.717, 1.165) is 16.9 Å². The molecular formula is C22H21NOS. The molecule has 3 rings (SSSR count). The molecule has 1 amide bonds. The summed E-state index contributed by atoms with van der Waals surface area (Å²) in [4.78, 5) is 13.9. The molecule has 0 aliphatic heterocycles. The number of carbonyl (C=O) groups is 1. The van der Waals surface area contributed by atoms with Crippen LogP contribution in [0.5, 0.6) is 0 Å². The second kappa shape index (κ2) is 9.09. The molecule has 1 N–H and O–H groups in total. The monoisotopic (exact) mass is 347 g/mol. The maximum Gasteiger partial charge on any atom is 0.238 e. The summed E-state index contributed by atoms with van der Waals surface area (Å²) in [7, 11) is 0. The molecule has 0 fully saturated rings. The Morgan fingerprint density at radius 2 is 1.36 bits per heavy atom. The first-order valence-corrected chi connectivity index (χ1v) is 9.29. The first kappa shape index (κ1) is 17.3. The summed E-state index contributed by atoms with van der Waals surface area (Å²) >= 11 is 1.58. The van der Waals surface area contributed by atoms with Gasteiger partial charge in [0.25, 0.3) is 0 Å². The quantitative estimate of drug-likeness (QED) is 0.617. The van der Waals surface area contributed by atoms with Crippen LogP contribution < -0.4 is 5.32 Å². The molecule has 3 aromatic rings. The number of hydrogen-bond donors (Lipinski definition) is 1. The van der Waals surface area contributed by atoms with Crippen molar-refractivity contribution in [2.75, 3.05) is 6.54 Å². The Morgan fingerprint density at radius 1 is 0.800 bits per heavy atom. The lowest BCUT2D eigenvalue weighted by molar-refractivity contribution is -0.120. The van der Waals surface area contributed by atoms with Gasteiger partial charge < -0.3 is 5.32 Å². The van der Waals surface area contributed by atoms with Gasteiger partial charge in [0, 0.05) is 11.4 Å². The van der Waals surface area contributed by atoms with Crippen molar-refractivity contribution in [1.82, 2.24) is 5.32 Å². The maximum atomic E-state index is 12.8. The van der Waals surface area contributed by atoms with Crippen LogP contribution in [0, 0.1) is 0 Å². The molecule has 1 atom stereocenters. The van der Waals surface area contributed by atoms with Crippen molar-refractivity contribution in [2.24, 2.45) is 0 Å². The van der Waals surface area contributed by atoms with Gasteiger partial charge in [0.15, 0.2) is 0 Å². The molecular weight excluding hydrogens is 326 g/mol. The van der Waals surface area contributed by atoms with Crippen LogP contribution in [0.3, 0.4) is 0 Å². The molecule has 3 heteroatoms. The Bertz CT molecular complexity index is 775. The van der Waals surface area contributed by atoms with Gasteiger partial charge in [-0.05, 0) is 29.7 Å². The lowest BCUT2D eigenvalue weighted by Gasteiger charge is -2.17. The lowest BCUT2D eigenvalue weighted by atomic mass is 10.1. The molecule has 0 saturated heterocycles. The van der Waals surface area contributed by atoms with Gasteiger partial charge in [-0.25, -0.2) is 0 Å². The third-order valence-electron chi connectivity index (χ3n) is 3.89. The zero-order chi connectivity index (χ0) is 17.3. The van der Waals surface area contributed by atoms with Gasteiger partial charge in [0.05, 0.1) is 0 Å². The van der Waals surface area contributed by atoms with Gasteiger partial charge in [-0.1, -0.05) is 78.9 Å². The van der Waals surface area contributed by atoms with Gasteiger partial charge in [0.2, 0.25) is 5.91 Å². The van der Waals surface area contributed by atoms with Crippen molar-refractivity contribution in [3.63, 3.8) is 0 Å². The molecule has 2 nitrogen and oxygen atoms in total. The van der Waals surface area contributed by atoms with Gasteiger partial charge >= 0.3 is 0 Å². The molecule has 0 aliphatic rings. The molecule has 0 bridgehead atoms. The van der Waals surface area contributed by atoms with Crippen molar-refractivity contribution in [3.05, 3.63) is 102 Å². The van der Waals surface area contributed by atoms with Crippen LogP contribution in [-0.4, -0.2) is 12.5 Å². The second-order valence-corrected chi connectivity index (χ2v) is 6.93. The Labute approximate surface area is 153 Å². The highest BCUT2D eigenvalue weighted by molar-refractivity contribution is 8.00. The SMILES string of the molecule is O=C(NCCc1ccccc1)[C@@H](Sc1ccccc1)c1ccccc1. The molecule has 25 heavy (non-hydrogen) atoms. The Kier molecular flexibility index (Phi) is 6.29. The van der Waals surface area contributed by atoms with Crippen molar-refractivity contribution >= 4 is 17.7 Å². The van der Waals surface area contributed by atoms with E-state index in [1.165, 1.54) is 5.56 Å². The van der Waals surface area contributed by atoms with Crippen LogP contribution in [0.4, 0.5) is 0 Å². The minimum Gasteiger partial charge on any atom is -0.355 e. The van der Waals surface area contributed by atoms with E-state index in [9.17, 15) is 4.79 Å². The normalized spacial score (nSPS) is 11.7. The maximum absolute atomic E-state index is 12.8. The number of amides is 1. The van der Waals surface area contributed by atoms with E-state index in [-0.39, 0.29) is 11.2 Å². The number of nitrogens with one attached hydrogen (secondary N) is 1. The van der Waals surface area contributed by atoms with E-state index in [0.29, 0.717) is 6.54 Å². The zero-order valence-corrected chi connectivity index (χ0v) is 14.8. The van der Waals surface area contributed by atoms with E-state index in [1.54, 1.807) is 11.8 Å². The molecule has 0 saturated carbocycles. The molecule has 0 heterocycles. The average Bonchev–Trinajstić information content (AvgIpc) is 2.68. The third-order valence-corrected chi connectivity index (χ3v) is 5.16. The van der Waals surface area contributed by atoms with Crippen LogP contribution in [0.1, 0.15) is 16.4 Å². The average molecular weight is 347 g/mol. The Balaban J connectivity index is 1.67. The summed E-state index contributed by atoms with van der Waals surface area (Å²) in [5.74, 6) is 0.0518. The van der Waals surface area contributed by atoms with Crippen LogP contribution >= 0.6 is 11.8 Å². The topological polar surface area (TPSA) is 29.1 Å². The van der Waals surface area contributed by atoms with Crippen molar-refractivity contribution in [1.29, 1.82) is 0 Å². The van der Waals surface area contributed by atoms with Gasteiger partial charge in [-0.15, -0.1) is 11.8 Å². The highest BCUT2D eigenvalue weighted by Gasteiger charge is 2.21.